The van der Waals surface area contributed by atoms with Gasteiger partial charge in [0.1, 0.15) is 0 Å². The molecule has 0 aliphatic carbocycles. The first-order valence-corrected chi connectivity index (χ1v) is 13.1. The molecule has 7 nitrogen and oxygen atoms in total. The maximum atomic E-state index is 13.1. The Morgan fingerprint density at radius 3 is 2.33 bits per heavy atom. The van der Waals surface area contributed by atoms with Gasteiger partial charge in [-0.25, -0.2) is 0 Å². The molecule has 2 aromatic rings. The SMILES string of the molecule is O=C(CC(c1ccsc1)n1cccc1)N1CCCN(S(=O)(=O)N2CCCCC2)CC1. The van der Waals surface area contributed by atoms with E-state index in [9.17, 15) is 13.2 Å². The summed E-state index contributed by atoms with van der Waals surface area (Å²) in [6.45, 7) is 3.13. The molecule has 164 valence electrons. The average Bonchev–Trinajstić information content (AvgIpc) is 3.43. The molecule has 0 N–H and O–H groups in total. The third-order valence-electron chi connectivity index (χ3n) is 6.06. The minimum Gasteiger partial charge on any atom is -0.346 e. The van der Waals surface area contributed by atoms with E-state index in [1.807, 2.05) is 34.8 Å². The van der Waals surface area contributed by atoms with E-state index in [0.29, 0.717) is 52.1 Å². The molecular formula is C21H30N4O3S2. The van der Waals surface area contributed by atoms with Crippen molar-refractivity contribution < 1.29 is 13.2 Å². The Labute approximate surface area is 183 Å². The smallest absolute Gasteiger partial charge is 0.282 e. The third kappa shape index (κ3) is 4.80. The van der Waals surface area contributed by atoms with Crippen molar-refractivity contribution in [2.75, 3.05) is 39.3 Å². The van der Waals surface area contributed by atoms with Crippen molar-refractivity contribution in [2.24, 2.45) is 0 Å². The zero-order valence-electron chi connectivity index (χ0n) is 17.2. The Balaban J connectivity index is 1.40. The molecule has 0 bridgehead atoms. The molecule has 1 atom stereocenters. The number of piperidine rings is 1. The Hall–Kier alpha value is -1.68. The number of carbonyl (C=O) groups excluding carboxylic acids is 1. The normalized spacial score (nSPS) is 20.7. The molecule has 0 radical (unpaired) electrons. The van der Waals surface area contributed by atoms with Crippen LogP contribution in [0.4, 0.5) is 0 Å². The van der Waals surface area contributed by atoms with Gasteiger partial charge in [-0.2, -0.15) is 28.4 Å². The third-order valence-corrected chi connectivity index (χ3v) is 8.80. The second-order valence-electron chi connectivity index (χ2n) is 8.01. The molecule has 4 heterocycles. The van der Waals surface area contributed by atoms with Gasteiger partial charge in [0.15, 0.2) is 0 Å². The lowest BCUT2D eigenvalue weighted by atomic mass is 10.1. The quantitative estimate of drug-likeness (QED) is 0.680. The summed E-state index contributed by atoms with van der Waals surface area (Å²) in [7, 11) is -3.43. The van der Waals surface area contributed by atoms with Gasteiger partial charge in [-0.3, -0.25) is 4.79 Å². The first-order chi connectivity index (χ1) is 14.6. The fourth-order valence-corrected chi connectivity index (χ4v) is 6.77. The van der Waals surface area contributed by atoms with Crippen LogP contribution in [0, 0.1) is 0 Å². The van der Waals surface area contributed by atoms with Gasteiger partial charge in [-0.05, 0) is 53.8 Å². The first kappa shape index (κ1) is 21.5. The number of rotatable bonds is 6. The van der Waals surface area contributed by atoms with E-state index in [0.717, 1.165) is 24.8 Å². The molecule has 2 aliphatic rings. The number of amides is 1. The lowest BCUT2D eigenvalue weighted by molar-refractivity contribution is -0.131. The molecule has 4 rings (SSSR count). The van der Waals surface area contributed by atoms with E-state index in [-0.39, 0.29) is 11.9 Å². The van der Waals surface area contributed by atoms with Crippen LogP contribution in [0.1, 0.15) is 43.7 Å². The van der Waals surface area contributed by atoms with E-state index in [4.69, 9.17) is 0 Å². The molecule has 1 unspecified atom stereocenters. The van der Waals surface area contributed by atoms with Gasteiger partial charge >= 0.3 is 0 Å². The second-order valence-corrected chi connectivity index (χ2v) is 10.7. The molecule has 2 saturated heterocycles. The predicted molar refractivity (Wildman–Crippen MR) is 119 cm³/mol. The summed E-state index contributed by atoms with van der Waals surface area (Å²) in [4.78, 5) is 15.0. The van der Waals surface area contributed by atoms with Crippen molar-refractivity contribution in [2.45, 2.75) is 38.1 Å². The van der Waals surface area contributed by atoms with Crippen LogP contribution in [0.25, 0.3) is 0 Å². The van der Waals surface area contributed by atoms with Crippen molar-refractivity contribution in [1.82, 2.24) is 18.1 Å². The monoisotopic (exact) mass is 450 g/mol. The number of carbonyl (C=O) groups is 1. The lowest BCUT2D eigenvalue weighted by Gasteiger charge is -2.31. The van der Waals surface area contributed by atoms with Gasteiger partial charge < -0.3 is 9.47 Å². The Morgan fingerprint density at radius 2 is 1.63 bits per heavy atom. The first-order valence-electron chi connectivity index (χ1n) is 10.7. The van der Waals surface area contributed by atoms with E-state index in [2.05, 4.69) is 16.0 Å². The van der Waals surface area contributed by atoms with Crippen LogP contribution in [0.2, 0.25) is 0 Å². The maximum Gasteiger partial charge on any atom is 0.282 e. The number of nitrogens with zero attached hydrogens (tertiary/aromatic N) is 4. The fraction of sp³-hybridized carbons (Fsp3) is 0.571. The Kier molecular flexibility index (Phi) is 6.92. The van der Waals surface area contributed by atoms with Crippen molar-refractivity contribution in [3.05, 3.63) is 46.9 Å². The molecule has 2 fully saturated rings. The van der Waals surface area contributed by atoms with Crippen molar-refractivity contribution in [1.29, 1.82) is 0 Å². The van der Waals surface area contributed by atoms with Gasteiger partial charge in [-0.15, -0.1) is 0 Å². The summed E-state index contributed by atoms with van der Waals surface area (Å²) in [5, 5.41) is 4.12. The number of thiophene rings is 1. The zero-order valence-corrected chi connectivity index (χ0v) is 18.9. The minimum atomic E-state index is -3.43. The van der Waals surface area contributed by atoms with Crippen LogP contribution in [-0.2, 0) is 15.0 Å². The van der Waals surface area contributed by atoms with Gasteiger partial charge in [0.25, 0.3) is 10.2 Å². The summed E-state index contributed by atoms with van der Waals surface area (Å²) in [5.74, 6) is 0.0807. The Bertz CT molecular complexity index is 872. The lowest BCUT2D eigenvalue weighted by Crippen LogP contribution is -2.47. The number of hydrogen-bond donors (Lipinski definition) is 0. The molecule has 2 aromatic heterocycles. The molecule has 2 aliphatic heterocycles. The van der Waals surface area contributed by atoms with Gasteiger partial charge in [0.05, 0.1) is 12.5 Å². The van der Waals surface area contributed by atoms with Crippen LogP contribution in [0.5, 0.6) is 0 Å². The average molecular weight is 451 g/mol. The van der Waals surface area contributed by atoms with Crippen LogP contribution in [0.15, 0.2) is 41.4 Å². The molecular weight excluding hydrogens is 420 g/mol. The molecule has 0 spiro atoms. The Morgan fingerprint density at radius 1 is 0.933 bits per heavy atom. The fourth-order valence-electron chi connectivity index (χ4n) is 4.34. The largest absolute Gasteiger partial charge is 0.346 e. The highest BCUT2D eigenvalue weighted by atomic mass is 32.2. The van der Waals surface area contributed by atoms with E-state index in [1.165, 1.54) is 0 Å². The highest BCUT2D eigenvalue weighted by molar-refractivity contribution is 7.86. The van der Waals surface area contributed by atoms with Gasteiger partial charge in [0, 0.05) is 51.7 Å². The number of hydrogen-bond acceptors (Lipinski definition) is 4. The highest BCUT2D eigenvalue weighted by Crippen LogP contribution is 2.26. The van der Waals surface area contributed by atoms with Crippen molar-refractivity contribution in [3.8, 4) is 0 Å². The van der Waals surface area contributed by atoms with Gasteiger partial charge in [-0.1, -0.05) is 6.42 Å². The van der Waals surface area contributed by atoms with Crippen LogP contribution in [-0.4, -0.2) is 71.7 Å². The molecule has 30 heavy (non-hydrogen) atoms. The summed E-state index contributed by atoms with van der Waals surface area (Å²) in [5.41, 5.74) is 1.13. The summed E-state index contributed by atoms with van der Waals surface area (Å²) in [6, 6.07) is 5.98. The second kappa shape index (κ2) is 9.64. The molecule has 0 saturated carbocycles. The van der Waals surface area contributed by atoms with Crippen molar-refractivity contribution in [3.63, 3.8) is 0 Å². The summed E-state index contributed by atoms with van der Waals surface area (Å²) >= 11 is 1.63. The highest BCUT2D eigenvalue weighted by Gasteiger charge is 2.33. The summed E-state index contributed by atoms with van der Waals surface area (Å²) in [6.07, 6.45) is 7.99. The van der Waals surface area contributed by atoms with Crippen LogP contribution < -0.4 is 0 Å². The van der Waals surface area contributed by atoms with E-state index in [1.54, 1.807) is 19.9 Å². The zero-order chi connectivity index (χ0) is 21.0. The molecule has 1 amide bonds. The number of aromatic nitrogens is 1. The standard InChI is InChI=1S/C21H30N4O3S2/c26-21(17-20(19-7-16-29-18-19)22-8-4-5-9-22)23-10-6-13-25(15-14-23)30(27,28)24-11-2-1-3-12-24/h4-5,7-9,16,18,20H,1-3,6,10-15,17H2. The minimum absolute atomic E-state index is 0.0322. The molecule has 0 aromatic carbocycles. The topological polar surface area (TPSA) is 65.9 Å². The van der Waals surface area contributed by atoms with Crippen LogP contribution in [0.3, 0.4) is 0 Å². The van der Waals surface area contributed by atoms with Crippen LogP contribution >= 0.6 is 11.3 Å². The summed E-state index contributed by atoms with van der Waals surface area (Å²) < 4.78 is 31.3. The van der Waals surface area contributed by atoms with E-state index >= 15 is 0 Å². The predicted octanol–water partition coefficient (Wildman–Crippen LogP) is 2.79. The van der Waals surface area contributed by atoms with Gasteiger partial charge in [0.2, 0.25) is 5.91 Å². The van der Waals surface area contributed by atoms with E-state index < -0.39 is 10.2 Å². The maximum absolute atomic E-state index is 13.1. The molecule has 9 heteroatoms. The van der Waals surface area contributed by atoms with Crippen molar-refractivity contribution >= 4 is 27.5 Å².